The summed E-state index contributed by atoms with van der Waals surface area (Å²) in [6, 6.07) is 1.80. The zero-order chi connectivity index (χ0) is 12.1. The molecule has 1 rings (SSSR count). The van der Waals surface area contributed by atoms with Crippen LogP contribution < -0.4 is 4.90 Å². The number of hydrogen-bond donors (Lipinski definition) is 1. The first kappa shape index (κ1) is 13.3. The Hall–Kier alpha value is -0.750. The van der Waals surface area contributed by atoms with Crippen LogP contribution in [0.1, 0.15) is 5.56 Å². The maximum atomic E-state index is 12.3. The fourth-order valence-corrected chi connectivity index (χ4v) is 2.04. The van der Waals surface area contributed by atoms with Crippen molar-refractivity contribution in [1.82, 2.24) is 4.98 Å². The van der Waals surface area contributed by atoms with Gasteiger partial charge in [-0.3, -0.25) is 0 Å². The summed E-state index contributed by atoms with van der Waals surface area (Å²) >= 11 is 3.28. The molecule has 0 atom stereocenters. The van der Waals surface area contributed by atoms with Crippen molar-refractivity contribution in [2.75, 3.05) is 24.6 Å². The quantitative estimate of drug-likeness (QED) is 0.905. The van der Waals surface area contributed by atoms with Crippen molar-refractivity contribution in [3.8, 4) is 0 Å². The maximum absolute atomic E-state index is 12.3. The first-order valence-corrected chi connectivity index (χ1v) is 5.60. The van der Waals surface area contributed by atoms with Gasteiger partial charge in [0.1, 0.15) is 5.82 Å². The summed E-state index contributed by atoms with van der Waals surface area (Å²) in [7, 11) is 0. The highest BCUT2D eigenvalue weighted by Crippen LogP contribution is 2.24. The van der Waals surface area contributed by atoms with Gasteiger partial charge in [-0.25, -0.2) is 13.8 Å². The molecule has 0 amide bonds. The summed E-state index contributed by atoms with van der Waals surface area (Å²) in [6.45, 7) is 1.38. The van der Waals surface area contributed by atoms with E-state index in [1.54, 1.807) is 12.3 Å². The lowest BCUT2D eigenvalue weighted by molar-refractivity contribution is 0.152. The fraction of sp³-hybridized carbons (Fsp3) is 0.500. The lowest BCUT2D eigenvalue weighted by Gasteiger charge is -2.23. The molecular weight excluding hydrogens is 282 g/mol. The van der Waals surface area contributed by atoms with Gasteiger partial charge in [-0.2, -0.15) is 0 Å². The summed E-state index contributed by atoms with van der Waals surface area (Å²) in [5.41, 5.74) is 0.941. The van der Waals surface area contributed by atoms with Crippen LogP contribution >= 0.6 is 15.9 Å². The van der Waals surface area contributed by atoms with Crippen molar-refractivity contribution in [2.45, 2.75) is 13.3 Å². The fourth-order valence-electron chi connectivity index (χ4n) is 1.33. The molecule has 0 radical (unpaired) electrons. The van der Waals surface area contributed by atoms with Gasteiger partial charge >= 0.3 is 0 Å². The predicted molar refractivity (Wildman–Crippen MR) is 62.0 cm³/mol. The Morgan fingerprint density at radius 3 is 2.75 bits per heavy atom. The summed E-state index contributed by atoms with van der Waals surface area (Å²) in [5, 5.41) is 8.83. The van der Waals surface area contributed by atoms with E-state index < -0.39 is 13.0 Å². The number of aliphatic hydroxyl groups excluding tert-OH is 1. The molecule has 0 saturated carbocycles. The van der Waals surface area contributed by atoms with E-state index >= 15 is 0 Å². The van der Waals surface area contributed by atoms with Crippen LogP contribution in [0.3, 0.4) is 0 Å². The molecule has 0 unspecified atom stereocenters. The third kappa shape index (κ3) is 3.68. The molecule has 0 spiro atoms. The van der Waals surface area contributed by atoms with E-state index in [-0.39, 0.29) is 13.2 Å². The van der Waals surface area contributed by atoms with E-state index in [1.807, 2.05) is 6.92 Å². The predicted octanol–water partition coefficient (Wildman–Crippen LogP) is 2.22. The number of alkyl halides is 2. The monoisotopic (exact) mass is 294 g/mol. The second kappa shape index (κ2) is 6.10. The second-order valence-electron chi connectivity index (χ2n) is 3.38. The van der Waals surface area contributed by atoms with Gasteiger partial charge < -0.3 is 10.0 Å². The standard InChI is InChI=1S/C10H13BrF2N2O/c1-7-4-8(11)10(14-5-7)15(2-3-16)6-9(12)13/h4-5,9,16H,2-3,6H2,1H3. The Kier molecular flexibility index (Phi) is 5.08. The summed E-state index contributed by atoms with van der Waals surface area (Å²) < 4.78 is 25.3. The Balaban J connectivity index is 2.91. The van der Waals surface area contributed by atoms with Gasteiger partial charge in [-0.1, -0.05) is 0 Å². The molecule has 90 valence electrons. The van der Waals surface area contributed by atoms with Crippen LogP contribution in [-0.2, 0) is 0 Å². The average Bonchev–Trinajstić information content (AvgIpc) is 2.16. The molecule has 1 heterocycles. The van der Waals surface area contributed by atoms with Gasteiger partial charge in [0, 0.05) is 12.7 Å². The van der Waals surface area contributed by atoms with E-state index in [0.29, 0.717) is 10.3 Å². The van der Waals surface area contributed by atoms with E-state index in [9.17, 15) is 8.78 Å². The number of rotatable bonds is 5. The molecule has 0 aromatic carbocycles. The number of pyridine rings is 1. The van der Waals surface area contributed by atoms with Crippen LogP contribution in [0.15, 0.2) is 16.7 Å². The average molecular weight is 295 g/mol. The number of aliphatic hydroxyl groups is 1. The molecule has 0 aliphatic heterocycles. The van der Waals surface area contributed by atoms with Gasteiger partial charge in [0.25, 0.3) is 6.43 Å². The molecule has 1 aromatic heterocycles. The molecule has 0 saturated heterocycles. The van der Waals surface area contributed by atoms with Crippen LogP contribution in [0, 0.1) is 6.92 Å². The number of anilines is 1. The van der Waals surface area contributed by atoms with Gasteiger partial charge in [0.2, 0.25) is 0 Å². The largest absolute Gasteiger partial charge is 0.395 e. The summed E-state index contributed by atoms with van der Waals surface area (Å²) in [4.78, 5) is 5.44. The first-order valence-electron chi connectivity index (χ1n) is 4.80. The lowest BCUT2D eigenvalue weighted by atomic mass is 10.3. The zero-order valence-electron chi connectivity index (χ0n) is 8.83. The molecule has 1 N–H and O–H groups in total. The van der Waals surface area contributed by atoms with Crippen molar-refractivity contribution in [2.24, 2.45) is 0 Å². The third-order valence-corrected chi connectivity index (χ3v) is 2.57. The van der Waals surface area contributed by atoms with Crippen molar-refractivity contribution in [1.29, 1.82) is 0 Å². The van der Waals surface area contributed by atoms with Crippen LogP contribution in [0.2, 0.25) is 0 Å². The molecular formula is C10H13BrF2N2O. The molecule has 1 aromatic rings. The highest BCUT2D eigenvalue weighted by Gasteiger charge is 2.16. The summed E-state index contributed by atoms with van der Waals surface area (Å²) in [6.07, 6.45) is -0.850. The number of aromatic nitrogens is 1. The Labute approximate surface area is 101 Å². The van der Waals surface area contributed by atoms with Gasteiger partial charge in [0.15, 0.2) is 0 Å². The summed E-state index contributed by atoms with van der Waals surface area (Å²) in [5.74, 6) is 0.431. The minimum Gasteiger partial charge on any atom is -0.395 e. The van der Waals surface area contributed by atoms with Crippen LogP contribution in [-0.4, -0.2) is 36.2 Å². The molecule has 16 heavy (non-hydrogen) atoms. The molecule has 0 aliphatic rings. The van der Waals surface area contributed by atoms with Gasteiger partial charge in [-0.15, -0.1) is 0 Å². The minimum absolute atomic E-state index is 0.138. The molecule has 0 aliphatic carbocycles. The number of nitrogens with zero attached hydrogens (tertiary/aromatic N) is 2. The van der Waals surface area contributed by atoms with Crippen LogP contribution in [0.5, 0.6) is 0 Å². The molecule has 6 heteroatoms. The lowest BCUT2D eigenvalue weighted by Crippen LogP contribution is -2.32. The maximum Gasteiger partial charge on any atom is 0.255 e. The molecule has 3 nitrogen and oxygen atoms in total. The minimum atomic E-state index is -2.46. The Bertz CT molecular complexity index is 350. The highest BCUT2D eigenvalue weighted by molar-refractivity contribution is 9.10. The van der Waals surface area contributed by atoms with Crippen molar-refractivity contribution in [3.63, 3.8) is 0 Å². The first-order chi connectivity index (χ1) is 7.54. The van der Waals surface area contributed by atoms with Crippen LogP contribution in [0.25, 0.3) is 0 Å². The number of hydrogen-bond acceptors (Lipinski definition) is 3. The molecule has 0 bridgehead atoms. The van der Waals surface area contributed by atoms with E-state index in [0.717, 1.165) is 5.56 Å². The Morgan fingerprint density at radius 2 is 2.25 bits per heavy atom. The van der Waals surface area contributed by atoms with Crippen molar-refractivity contribution in [3.05, 3.63) is 22.3 Å². The number of halogens is 3. The molecule has 0 fully saturated rings. The Morgan fingerprint density at radius 1 is 1.56 bits per heavy atom. The van der Waals surface area contributed by atoms with E-state index in [2.05, 4.69) is 20.9 Å². The van der Waals surface area contributed by atoms with Crippen molar-refractivity contribution >= 4 is 21.7 Å². The topological polar surface area (TPSA) is 36.4 Å². The van der Waals surface area contributed by atoms with Crippen molar-refractivity contribution < 1.29 is 13.9 Å². The van der Waals surface area contributed by atoms with Gasteiger partial charge in [0.05, 0.1) is 17.6 Å². The zero-order valence-corrected chi connectivity index (χ0v) is 10.4. The van der Waals surface area contributed by atoms with E-state index in [1.165, 1.54) is 4.90 Å². The normalized spacial score (nSPS) is 10.9. The number of aryl methyl sites for hydroxylation is 1. The smallest absolute Gasteiger partial charge is 0.255 e. The van der Waals surface area contributed by atoms with Crippen LogP contribution in [0.4, 0.5) is 14.6 Å². The SMILES string of the molecule is Cc1cnc(N(CCO)CC(F)F)c(Br)c1. The highest BCUT2D eigenvalue weighted by atomic mass is 79.9. The third-order valence-electron chi connectivity index (χ3n) is 1.99. The second-order valence-corrected chi connectivity index (χ2v) is 4.23. The van der Waals surface area contributed by atoms with E-state index in [4.69, 9.17) is 5.11 Å². The van der Waals surface area contributed by atoms with Gasteiger partial charge in [-0.05, 0) is 34.5 Å².